The Morgan fingerprint density at radius 2 is 2.00 bits per heavy atom. The van der Waals surface area contributed by atoms with Crippen molar-refractivity contribution in [2.24, 2.45) is 11.7 Å². The van der Waals surface area contributed by atoms with Gasteiger partial charge in [-0.3, -0.25) is 0 Å². The summed E-state index contributed by atoms with van der Waals surface area (Å²) in [7, 11) is -1.15. The SMILES string of the molecule is COC1(CC(N)C2CCCC(S(C)(=O)=O)C2)CCC1. The van der Waals surface area contributed by atoms with Crippen molar-refractivity contribution < 1.29 is 13.2 Å². The Balaban J connectivity index is 1.93. The third-order valence-corrected chi connectivity index (χ3v) is 6.82. The molecule has 0 aromatic heterocycles. The molecule has 2 N–H and O–H groups in total. The van der Waals surface area contributed by atoms with E-state index in [-0.39, 0.29) is 16.9 Å². The Labute approximate surface area is 117 Å². The second-order valence-corrected chi connectivity index (χ2v) is 8.81. The highest BCUT2D eigenvalue weighted by Crippen LogP contribution is 2.41. The molecule has 2 saturated carbocycles. The Bertz CT molecular complexity index is 397. The third-order valence-electron chi connectivity index (χ3n) is 5.18. The van der Waals surface area contributed by atoms with Gasteiger partial charge in [0.15, 0.2) is 0 Å². The number of hydrogen-bond donors (Lipinski definition) is 1. The molecular formula is C14H27NO3S. The molecule has 0 radical (unpaired) electrons. The minimum Gasteiger partial charge on any atom is -0.378 e. The van der Waals surface area contributed by atoms with Gasteiger partial charge < -0.3 is 10.5 Å². The smallest absolute Gasteiger partial charge is 0.150 e. The van der Waals surface area contributed by atoms with Crippen LogP contribution in [-0.2, 0) is 14.6 Å². The van der Waals surface area contributed by atoms with Gasteiger partial charge in [-0.25, -0.2) is 8.42 Å². The lowest BCUT2D eigenvalue weighted by atomic mass is 9.72. The molecule has 19 heavy (non-hydrogen) atoms. The summed E-state index contributed by atoms with van der Waals surface area (Å²) in [5, 5.41) is -0.183. The van der Waals surface area contributed by atoms with Gasteiger partial charge in [0.1, 0.15) is 9.84 Å². The Morgan fingerprint density at radius 1 is 1.32 bits per heavy atom. The van der Waals surface area contributed by atoms with E-state index >= 15 is 0 Å². The molecule has 2 aliphatic carbocycles. The number of hydrogen-bond acceptors (Lipinski definition) is 4. The van der Waals surface area contributed by atoms with Gasteiger partial charge in [0.25, 0.3) is 0 Å². The minimum atomic E-state index is -2.92. The molecule has 0 aromatic carbocycles. The summed E-state index contributed by atoms with van der Waals surface area (Å²) in [4.78, 5) is 0. The second-order valence-electron chi connectivity index (χ2n) is 6.49. The average Bonchev–Trinajstić information content (AvgIpc) is 2.32. The predicted octanol–water partition coefficient (Wildman–Crippen LogP) is 1.88. The average molecular weight is 289 g/mol. The van der Waals surface area contributed by atoms with E-state index in [1.807, 2.05) is 0 Å². The molecule has 3 atom stereocenters. The number of methoxy groups -OCH3 is 1. The summed E-state index contributed by atoms with van der Waals surface area (Å²) in [6, 6.07) is 0.0739. The molecule has 112 valence electrons. The van der Waals surface area contributed by atoms with Crippen LogP contribution in [0.3, 0.4) is 0 Å². The number of ether oxygens (including phenoxy) is 1. The number of rotatable bonds is 5. The predicted molar refractivity (Wildman–Crippen MR) is 76.8 cm³/mol. The van der Waals surface area contributed by atoms with Crippen molar-refractivity contribution >= 4 is 9.84 Å². The lowest BCUT2D eigenvalue weighted by molar-refractivity contribution is -0.0851. The lowest BCUT2D eigenvalue weighted by Gasteiger charge is -2.44. The van der Waals surface area contributed by atoms with Gasteiger partial charge in [0, 0.05) is 19.4 Å². The summed E-state index contributed by atoms with van der Waals surface area (Å²) in [6.45, 7) is 0. The Kier molecular flexibility index (Phi) is 4.58. The second kappa shape index (κ2) is 5.70. The van der Waals surface area contributed by atoms with Crippen LogP contribution in [-0.4, -0.2) is 38.7 Å². The van der Waals surface area contributed by atoms with Crippen LogP contribution >= 0.6 is 0 Å². The molecule has 0 aliphatic heterocycles. The third kappa shape index (κ3) is 3.50. The number of sulfone groups is 1. The molecule has 3 unspecified atom stereocenters. The van der Waals surface area contributed by atoms with E-state index in [1.165, 1.54) is 12.7 Å². The van der Waals surface area contributed by atoms with Crippen molar-refractivity contribution in [1.82, 2.24) is 0 Å². The van der Waals surface area contributed by atoms with Crippen LogP contribution in [0, 0.1) is 5.92 Å². The molecule has 2 fully saturated rings. The van der Waals surface area contributed by atoms with Gasteiger partial charge in [-0.05, 0) is 50.9 Å². The maximum atomic E-state index is 11.7. The van der Waals surface area contributed by atoms with Gasteiger partial charge in [-0.2, -0.15) is 0 Å². The normalized spacial score (nSPS) is 32.6. The van der Waals surface area contributed by atoms with Gasteiger partial charge >= 0.3 is 0 Å². The quantitative estimate of drug-likeness (QED) is 0.839. The summed E-state index contributed by atoms with van der Waals surface area (Å²) in [6.07, 6.45) is 9.23. The minimum absolute atomic E-state index is 0.0164. The van der Waals surface area contributed by atoms with Crippen LogP contribution < -0.4 is 5.73 Å². The van der Waals surface area contributed by atoms with Gasteiger partial charge in [-0.1, -0.05) is 6.42 Å². The molecule has 2 rings (SSSR count). The van der Waals surface area contributed by atoms with Crippen molar-refractivity contribution in [3.63, 3.8) is 0 Å². The van der Waals surface area contributed by atoms with Crippen LogP contribution in [0.25, 0.3) is 0 Å². The molecule has 5 heteroatoms. The van der Waals surface area contributed by atoms with Crippen molar-refractivity contribution in [2.75, 3.05) is 13.4 Å². The van der Waals surface area contributed by atoms with Crippen LogP contribution in [0.4, 0.5) is 0 Å². The molecule has 2 aliphatic rings. The summed E-state index contributed by atoms with van der Waals surface area (Å²) >= 11 is 0. The summed E-state index contributed by atoms with van der Waals surface area (Å²) in [5.41, 5.74) is 6.33. The molecule has 0 aromatic rings. The molecule has 0 spiro atoms. The van der Waals surface area contributed by atoms with E-state index in [1.54, 1.807) is 7.11 Å². The Morgan fingerprint density at radius 3 is 2.47 bits per heavy atom. The van der Waals surface area contributed by atoms with E-state index in [2.05, 4.69) is 0 Å². The van der Waals surface area contributed by atoms with Crippen LogP contribution in [0.2, 0.25) is 0 Å². The fourth-order valence-corrected chi connectivity index (χ4v) is 4.81. The maximum absolute atomic E-state index is 11.7. The summed E-state index contributed by atoms with van der Waals surface area (Å²) < 4.78 is 29.0. The highest BCUT2D eigenvalue weighted by atomic mass is 32.2. The highest BCUT2D eigenvalue weighted by molar-refractivity contribution is 7.91. The van der Waals surface area contributed by atoms with E-state index in [9.17, 15) is 8.42 Å². The molecule has 0 amide bonds. The van der Waals surface area contributed by atoms with Crippen molar-refractivity contribution in [3.8, 4) is 0 Å². The van der Waals surface area contributed by atoms with Gasteiger partial charge in [-0.15, -0.1) is 0 Å². The zero-order valence-electron chi connectivity index (χ0n) is 12.1. The van der Waals surface area contributed by atoms with Gasteiger partial charge in [0.05, 0.1) is 10.9 Å². The first-order chi connectivity index (χ1) is 8.86. The molecule has 0 heterocycles. The van der Waals surface area contributed by atoms with E-state index in [4.69, 9.17) is 10.5 Å². The standard InChI is InChI=1S/C14H27NO3S/c1-18-14(7-4-8-14)10-13(15)11-5-3-6-12(9-11)19(2,16)17/h11-13H,3-10,15H2,1-2H3. The zero-order valence-corrected chi connectivity index (χ0v) is 12.9. The van der Waals surface area contributed by atoms with E-state index in [0.29, 0.717) is 5.92 Å². The molecule has 0 saturated heterocycles. The van der Waals surface area contributed by atoms with Crippen molar-refractivity contribution in [1.29, 1.82) is 0 Å². The first kappa shape index (κ1) is 15.3. The summed E-state index contributed by atoms with van der Waals surface area (Å²) in [5.74, 6) is 0.334. The lowest BCUT2D eigenvalue weighted by Crippen LogP contribution is -2.48. The Hall–Kier alpha value is -0.130. The molecular weight excluding hydrogens is 262 g/mol. The van der Waals surface area contributed by atoms with Crippen LogP contribution in [0.15, 0.2) is 0 Å². The highest BCUT2D eigenvalue weighted by Gasteiger charge is 2.41. The first-order valence-electron chi connectivity index (χ1n) is 7.36. The number of nitrogens with two attached hydrogens (primary N) is 1. The first-order valence-corrected chi connectivity index (χ1v) is 9.31. The van der Waals surface area contributed by atoms with Crippen LogP contribution in [0.5, 0.6) is 0 Å². The molecule has 0 bridgehead atoms. The largest absolute Gasteiger partial charge is 0.378 e. The van der Waals surface area contributed by atoms with Gasteiger partial charge in [0.2, 0.25) is 0 Å². The van der Waals surface area contributed by atoms with Crippen molar-refractivity contribution in [3.05, 3.63) is 0 Å². The topological polar surface area (TPSA) is 69.4 Å². The van der Waals surface area contributed by atoms with E-state index < -0.39 is 9.84 Å². The maximum Gasteiger partial charge on any atom is 0.150 e. The molecule has 4 nitrogen and oxygen atoms in total. The van der Waals surface area contributed by atoms with Crippen molar-refractivity contribution in [2.45, 2.75) is 68.3 Å². The van der Waals surface area contributed by atoms with E-state index in [0.717, 1.165) is 44.9 Å². The van der Waals surface area contributed by atoms with Crippen LogP contribution in [0.1, 0.15) is 51.4 Å². The fraction of sp³-hybridized carbons (Fsp3) is 1.00. The fourth-order valence-electron chi connectivity index (χ4n) is 3.62. The monoisotopic (exact) mass is 289 g/mol. The zero-order chi connectivity index (χ0) is 14.1.